The van der Waals surface area contributed by atoms with Crippen LogP contribution < -0.4 is 4.72 Å². The number of benzene rings is 1. The van der Waals surface area contributed by atoms with Gasteiger partial charge in [-0.1, -0.05) is 11.8 Å². The fourth-order valence-electron chi connectivity index (χ4n) is 1.74. The molecule has 0 aliphatic rings. The van der Waals surface area contributed by atoms with E-state index in [1.54, 1.807) is 32.2 Å². The van der Waals surface area contributed by atoms with E-state index in [1.165, 1.54) is 17.1 Å². The number of anilines is 1. The molecule has 0 aliphatic heterocycles. The zero-order chi connectivity index (χ0) is 15.5. The second-order valence-electron chi connectivity index (χ2n) is 4.44. The molecule has 2 rings (SSSR count). The molecule has 0 saturated carbocycles. The van der Waals surface area contributed by atoms with Crippen LogP contribution >= 0.6 is 0 Å². The summed E-state index contributed by atoms with van der Waals surface area (Å²) in [6.45, 7) is 1.57. The Kier molecular flexibility index (Phi) is 4.31. The van der Waals surface area contributed by atoms with Crippen molar-refractivity contribution in [2.75, 3.05) is 11.3 Å². The number of hydrogen-bond acceptors (Lipinski definition) is 4. The zero-order valence-corrected chi connectivity index (χ0v) is 12.5. The van der Waals surface area contributed by atoms with Gasteiger partial charge in [-0.2, -0.15) is 5.10 Å². The van der Waals surface area contributed by atoms with Gasteiger partial charge in [0.1, 0.15) is 11.5 Å². The fraction of sp³-hybridized carbons (Fsp3) is 0.214. The van der Waals surface area contributed by atoms with Crippen LogP contribution in [0, 0.1) is 18.8 Å². The Balaban J connectivity index is 2.27. The third-order valence-corrected chi connectivity index (χ3v) is 4.09. The van der Waals surface area contributed by atoms with Crippen molar-refractivity contribution in [3.63, 3.8) is 0 Å². The number of aliphatic hydroxyl groups excluding tert-OH is 1. The quantitative estimate of drug-likeness (QED) is 0.824. The maximum atomic E-state index is 12.2. The molecule has 1 aromatic carbocycles. The van der Waals surface area contributed by atoms with Crippen LogP contribution in [0.3, 0.4) is 0 Å². The Morgan fingerprint density at radius 3 is 2.76 bits per heavy atom. The summed E-state index contributed by atoms with van der Waals surface area (Å²) in [4.78, 5) is 0.105. The highest BCUT2D eigenvalue weighted by Gasteiger charge is 2.17. The summed E-state index contributed by atoms with van der Waals surface area (Å²) in [5.74, 6) is 5.31. The van der Waals surface area contributed by atoms with Gasteiger partial charge in [-0.25, -0.2) is 8.42 Å². The van der Waals surface area contributed by atoms with Crippen LogP contribution in [0.1, 0.15) is 11.1 Å². The standard InChI is InChI=1S/C14H15N3O3S/c1-11-8-12(4-3-7-18)5-6-14(11)16-21(19,20)13-9-15-17(2)10-13/h5-6,8-10,16,18H,7H2,1-2H3. The van der Waals surface area contributed by atoms with Crippen molar-refractivity contribution in [2.24, 2.45) is 7.05 Å². The zero-order valence-electron chi connectivity index (χ0n) is 11.7. The van der Waals surface area contributed by atoms with Gasteiger partial charge in [0.05, 0.1) is 11.9 Å². The predicted octanol–water partition coefficient (Wildman–Crippen LogP) is 0.873. The second kappa shape index (κ2) is 5.99. The first-order valence-corrected chi connectivity index (χ1v) is 7.62. The summed E-state index contributed by atoms with van der Waals surface area (Å²) in [5, 5.41) is 12.5. The number of aromatic nitrogens is 2. The Morgan fingerprint density at radius 1 is 1.43 bits per heavy atom. The topological polar surface area (TPSA) is 84.2 Å². The predicted molar refractivity (Wildman–Crippen MR) is 79.2 cm³/mol. The van der Waals surface area contributed by atoms with Crippen LogP contribution in [0.25, 0.3) is 0 Å². The number of nitrogens with zero attached hydrogens (tertiary/aromatic N) is 2. The van der Waals surface area contributed by atoms with Crippen LogP contribution in [0.4, 0.5) is 5.69 Å². The first-order valence-electron chi connectivity index (χ1n) is 6.14. The van der Waals surface area contributed by atoms with Gasteiger partial charge in [-0.05, 0) is 30.7 Å². The van der Waals surface area contributed by atoms with Crippen LogP contribution in [0.2, 0.25) is 0 Å². The van der Waals surface area contributed by atoms with Gasteiger partial charge in [0.25, 0.3) is 10.0 Å². The summed E-state index contributed by atoms with van der Waals surface area (Å²) in [6.07, 6.45) is 2.72. The van der Waals surface area contributed by atoms with E-state index in [9.17, 15) is 8.42 Å². The Hall–Kier alpha value is -2.30. The lowest BCUT2D eigenvalue weighted by atomic mass is 10.1. The molecule has 1 heterocycles. The monoisotopic (exact) mass is 305 g/mol. The molecular formula is C14H15N3O3S. The van der Waals surface area contributed by atoms with Gasteiger partial charge in [0.15, 0.2) is 0 Å². The molecule has 0 spiro atoms. The van der Waals surface area contributed by atoms with E-state index in [1.807, 2.05) is 0 Å². The van der Waals surface area contributed by atoms with Crippen molar-refractivity contribution < 1.29 is 13.5 Å². The Morgan fingerprint density at radius 2 is 2.19 bits per heavy atom. The summed E-state index contributed by atoms with van der Waals surface area (Å²) in [6, 6.07) is 5.09. The van der Waals surface area contributed by atoms with E-state index in [2.05, 4.69) is 21.7 Å². The molecule has 0 radical (unpaired) electrons. The number of hydrogen-bond donors (Lipinski definition) is 2. The normalized spacial score (nSPS) is 10.8. The van der Waals surface area contributed by atoms with Crippen LogP contribution in [0.15, 0.2) is 35.5 Å². The molecule has 2 N–H and O–H groups in total. The Bertz CT molecular complexity index is 813. The third-order valence-electron chi connectivity index (χ3n) is 2.77. The van der Waals surface area contributed by atoms with E-state index in [-0.39, 0.29) is 11.5 Å². The molecule has 0 fully saturated rings. The lowest BCUT2D eigenvalue weighted by molar-refractivity contribution is 0.350. The average molecular weight is 305 g/mol. The van der Waals surface area contributed by atoms with Crippen molar-refractivity contribution in [2.45, 2.75) is 11.8 Å². The van der Waals surface area contributed by atoms with Gasteiger partial charge in [-0.15, -0.1) is 0 Å². The van der Waals surface area contributed by atoms with E-state index in [0.717, 1.165) is 5.56 Å². The van der Waals surface area contributed by atoms with Gasteiger partial charge in [0, 0.05) is 18.8 Å². The van der Waals surface area contributed by atoms with E-state index in [0.29, 0.717) is 11.3 Å². The molecule has 2 aromatic rings. The van der Waals surface area contributed by atoms with Gasteiger partial charge >= 0.3 is 0 Å². The summed E-state index contributed by atoms with van der Waals surface area (Å²) in [7, 11) is -2.00. The number of aliphatic hydroxyl groups is 1. The molecule has 0 amide bonds. The molecule has 0 atom stereocenters. The maximum absolute atomic E-state index is 12.2. The smallest absolute Gasteiger partial charge is 0.265 e. The average Bonchev–Trinajstić information content (AvgIpc) is 2.86. The van der Waals surface area contributed by atoms with Gasteiger partial charge in [-0.3, -0.25) is 9.40 Å². The molecule has 21 heavy (non-hydrogen) atoms. The molecule has 0 aliphatic carbocycles. The minimum Gasteiger partial charge on any atom is -0.384 e. The van der Waals surface area contributed by atoms with Crippen molar-refractivity contribution in [1.29, 1.82) is 0 Å². The van der Waals surface area contributed by atoms with Crippen molar-refractivity contribution >= 4 is 15.7 Å². The van der Waals surface area contributed by atoms with Crippen molar-refractivity contribution in [3.05, 3.63) is 41.7 Å². The molecule has 6 nitrogen and oxygen atoms in total. The lowest BCUT2D eigenvalue weighted by Crippen LogP contribution is -2.13. The third kappa shape index (κ3) is 3.62. The van der Waals surface area contributed by atoms with Gasteiger partial charge in [0.2, 0.25) is 0 Å². The minimum absolute atomic E-state index is 0.105. The number of aryl methyl sites for hydroxylation is 2. The van der Waals surface area contributed by atoms with Crippen LogP contribution in [-0.4, -0.2) is 29.9 Å². The number of nitrogens with one attached hydrogen (secondary N) is 1. The first-order chi connectivity index (χ1) is 9.92. The fourth-order valence-corrected chi connectivity index (χ4v) is 2.85. The maximum Gasteiger partial charge on any atom is 0.265 e. The SMILES string of the molecule is Cc1cc(C#CCO)ccc1NS(=O)(=O)c1cnn(C)c1. The van der Waals surface area contributed by atoms with Crippen molar-refractivity contribution in [3.8, 4) is 11.8 Å². The highest BCUT2D eigenvalue weighted by Crippen LogP contribution is 2.20. The Labute approximate surface area is 123 Å². The summed E-state index contributed by atoms with van der Waals surface area (Å²) < 4.78 is 28.3. The molecule has 0 unspecified atom stereocenters. The molecule has 110 valence electrons. The molecule has 0 saturated heterocycles. The molecule has 1 aromatic heterocycles. The summed E-state index contributed by atoms with van der Waals surface area (Å²) >= 11 is 0. The lowest BCUT2D eigenvalue weighted by Gasteiger charge is -2.09. The number of sulfonamides is 1. The highest BCUT2D eigenvalue weighted by atomic mass is 32.2. The summed E-state index contributed by atoms with van der Waals surface area (Å²) in [5.41, 5.74) is 1.94. The molecule has 0 bridgehead atoms. The van der Waals surface area contributed by atoms with E-state index >= 15 is 0 Å². The first kappa shape index (κ1) is 15.1. The van der Waals surface area contributed by atoms with Crippen LogP contribution in [0.5, 0.6) is 0 Å². The number of rotatable bonds is 3. The molecular weight excluding hydrogens is 290 g/mol. The largest absolute Gasteiger partial charge is 0.384 e. The second-order valence-corrected chi connectivity index (χ2v) is 6.13. The van der Waals surface area contributed by atoms with Crippen LogP contribution in [-0.2, 0) is 17.1 Å². The van der Waals surface area contributed by atoms with Crippen molar-refractivity contribution in [1.82, 2.24) is 9.78 Å². The van der Waals surface area contributed by atoms with E-state index in [4.69, 9.17) is 5.11 Å². The minimum atomic E-state index is -3.65. The molecule has 7 heteroatoms. The highest BCUT2D eigenvalue weighted by molar-refractivity contribution is 7.92. The van der Waals surface area contributed by atoms with Gasteiger partial charge < -0.3 is 5.11 Å². The van der Waals surface area contributed by atoms with E-state index < -0.39 is 10.0 Å².